The molecule has 0 spiro atoms. The molecule has 3 N–H and O–H groups in total. The van der Waals surface area contributed by atoms with Gasteiger partial charge in [0.1, 0.15) is 0 Å². The van der Waals surface area contributed by atoms with E-state index in [1.165, 1.54) is 18.2 Å². The number of carbonyl (C=O) groups is 1. The van der Waals surface area contributed by atoms with Gasteiger partial charge in [0, 0.05) is 18.7 Å². The number of nitro benzene ring substituents is 1. The van der Waals surface area contributed by atoms with Crippen LogP contribution in [0.4, 0.5) is 11.4 Å². The van der Waals surface area contributed by atoms with E-state index in [-0.39, 0.29) is 23.0 Å². The Balaban J connectivity index is 2.08. The largest absolute Gasteiger partial charge is 0.478 e. The Morgan fingerprint density at radius 1 is 1.33 bits per heavy atom. The first-order chi connectivity index (χ1) is 9.97. The van der Waals surface area contributed by atoms with Crippen LogP contribution in [0.15, 0.2) is 18.2 Å². The van der Waals surface area contributed by atoms with Crippen LogP contribution in [0.5, 0.6) is 0 Å². The minimum atomic E-state index is -1.12. The summed E-state index contributed by atoms with van der Waals surface area (Å²) < 4.78 is 0. The number of nitro groups is 1. The van der Waals surface area contributed by atoms with Gasteiger partial charge in [0.25, 0.3) is 5.69 Å². The molecule has 0 aromatic heterocycles. The second kappa shape index (κ2) is 6.53. The SMILES string of the molecule is O=C(O)c1ccc([N+](=O)[O-])cc1NCC1CCC(O)CC1. The number of benzene rings is 1. The number of rotatable bonds is 5. The Bertz CT molecular complexity index is 538. The van der Waals surface area contributed by atoms with Crippen molar-refractivity contribution in [3.05, 3.63) is 33.9 Å². The summed E-state index contributed by atoms with van der Waals surface area (Å²) in [5, 5.41) is 32.4. The molecule has 0 bridgehead atoms. The van der Waals surface area contributed by atoms with E-state index in [1.54, 1.807) is 0 Å². The van der Waals surface area contributed by atoms with Crippen LogP contribution < -0.4 is 5.32 Å². The average molecular weight is 294 g/mol. The van der Waals surface area contributed by atoms with Crippen molar-refractivity contribution < 1.29 is 19.9 Å². The smallest absolute Gasteiger partial charge is 0.337 e. The van der Waals surface area contributed by atoms with Crippen LogP contribution in [0, 0.1) is 16.0 Å². The molecular weight excluding hydrogens is 276 g/mol. The molecule has 1 fully saturated rings. The van der Waals surface area contributed by atoms with Crippen LogP contribution >= 0.6 is 0 Å². The maximum Gasteiger partial charge on any atom is 0.337 e. The Morgan fingerprint density at radius 3 is 2.57 bits per heavy atom. The van der Waals surface area contributed by atoms with Gasteiger partial charge < -0.3 is 15.5 Å². The van der Waals surface area contributed by atoms with Gasteiger partial charge in [0.05, 0.1) is 22.3 Å². The Hall–Kier alpha value is -2.15. The normalized spacial score (nSPS) is 21.8. The zero-order valence-corrected chi connectivity index (χ0v) is 11.5. The van der Waals surface area contributed by atoms with Gasteiger partial charge in [-0.25, -0.2) is 4.79 Å². The number of hydrogen-bond donors (Lipinski definition) is 3. The Kier molecular flexibility index (Phi) is 4.74. The van der Waals surface area contributed by atoms with Crippen LogP contribution in [0.2, 0.25) is 0 Å². The van der Waals surface area contributed by atoms with Crippen LogP contribution in [0.25, 0.3) is 0 Å². The third-order valence-electron chi connectivity index (χ3n) is 3.84. The highest BCUT2D eigenvalue weighted by atomic mass is 16.6. The van der Waals surface area contributed by atoms with Gasteiger partial charge in [-0.05, 0) is 37.7 Å². The molecule has 1 aliphatic carbocycles. The van der Waals surface area contributed by atoms with Gasteiger partial charge in [-0.3, -0.25) is 10.1 Å². The molecule has 1 aromatic carbocycles. The summed E-state index contributed by atoms with van der Waals surface area (Å²) in [5.41, 5.74) is 0.154. The molecule has 7 nitrogen and oxygen atoms in total. The van der Waals surface area contributed by atoms with Crippen molar-refractivity contribution in [3.8, 4) is 0 Å². The second-order valence-corrected chi connectivity index (χ2v) is 5.35. The highest BCUT2D eigenvalue weighted by molar-refractivity contribution is 5.94. The van der Waals surface area contributed by atoms with E-state index in [1.807, 2.05) is 0 Å². The average Bonchev–Trinajstić information content (AvgIpc) is 2.46. The summed E-state index contributed by atoms with van der Waals surface area (Å²) in [7, 11) is 0. The van der Waals surface area contributed by atoms with E-state index < -0.39 is 10.9 Å². The van der Waals surface area contributed by atoms with E-state index in [0.29, 0.717) is 12.5 Å². The summed E-state index contributed by atoms with van der Waals surface area (Å²) >= 11 is 0. The molecule has 1 aliphatic rings. The van der Waals surface area contributed by atoms with Gasteiger partial charge >= 0.3 is 5.97 Å². The van der Waals surface area contributed by atoms with Crippen LogP contribution in [-0.4, -0.2) is 33.8 Å². The third kappa shape index (κ3) is 3.91. The Labute approximate surface area is 121 Å². The summed E-state index contributed by atoms with van der Waals surface area (Å²) in [4.78, 5) is 21.4. The fraction of sp³-hybridized carbons (Fsp3) is 0.500. The van der Waals surface area contributed by atoms with Gasteiger partial charge in [-0.2, -0.15) is 0 Å². The maximum absolute atomic E-state index is 11.2. The number of hydrogen-bond acceptors (Lipinski definition) is 5. The number of nitrogens with one attached hydrogen (secondary N) is 1. The van der Waals surface area contributed by atoms with Crippen molar-refractivity contribution in [1.29, 1.82) is 0 Å². The number of aliphatic hydroxyl groups excluding tert-OH is 1. The monoisotopic (exact) mass is 294 g/mol. The first-order valence-electron chi connectivity index (χ1n) is 6.91. The molecule has 21 heavy (non-hydrogen) atoms. The number of aliphatic hydroxyl groups is 1. The number of carboxylic acid groups (broad SMARTS) is 1. The fourth-order valence-corrected chi connectivity index (χ4v) is 2.58. The lowest BCUT2D eigenvalue weighted by atomic mass is 9.87. The minimum Gasteiger partial charge on any atom is -0.478 e. The molecule has 0 unspecified atom stereocenters. The van der Waals surface area contributed by atoms with E-state index in [4.69, 9.17) is 5.11 Å². The molecule has 0 saturated heterocycles. The number of aromatic carboxylic acids is 1. The van der Waals surface area contributed by atoms with Crippen LogP contribution in [-0.2, 0) is 0 Å². The lowest BCUT2D eigenvalue weighted by molar-refractivity contribution is -0.384. The molecule has 0 aliphatic heterocycles. The van der Waals surface area contributed by atoms with Gasteiger partial charge in [0.15, 0.2) is 0 Å². The zero-order valence-electron chi connectivity index (χ0n) is 11.5. The molecule has 1 aromatic rings. The number of anilines is 1. The molecule has 2 rings (SSSR count). The molecule has 0 atom stereocenters. The molecule has 114 valence electrons. The second-order valence-electron chi connectivity index (χ2n) is 5.35. The van der Waals surface area contributed by atoms with E-state index in [0.717, 1.165) is 25.7 Å². The minimum absolute atomic E-state index is 0.0245. The maximum atomic E-state index is 11.2. The summed E-state index contributed by atoms with van der Waals surface area (Å²) in [6.45, 7) is 0.550. The predicted molar refractivity (Wildman–Crippen MR) is 76.5 cm³/mol. The number of non-ortho nitro benzene ring substituents is 1. The first kappa shape index (κ1) is 15.2. The van der Waals surface area contributed by atoms with Crippen molar-refractivity contribution in [2.75, 3.05) is 11.9 Å². The van der Waals surface area contributed by atoms with Gasteiger partial charge in [0.2, 0.25) is 0 Å². The lowest BCUT2D eigenvalue weighted by Gasteiger charge is -2.26. The summed E-state index contributed by atoms with van der Waals surface area (Å²) in [5.74, 6) is -0.777. The van der Waals surface area contributed by atoms with E-state index in [9.17, 15) is 20.0 Å². The van der Waals surface area contributed by atoms with Gasteiger partial charge in [-0.1, -0.05) is 0 Å². The first-order valence-corrected chi connectivity index (χ1v) is 6.91. The molecule has 1 saturated carbocycles. The summed E-state index contributed by atoms with van der Waals surface area (Å²) in [6.07, 6.45) is 2.98. The van der Waals surface area contributed by atoms with Crippen molar-refractivity contribution in [2.45, 2.75) is 31.8 Å². The van der Waals surface area contributed by atoms with Crippen molar-refractivity contribution >= 4 is 17.3 Å². The molecule has 0 radical (unpaired) electrons. The quantitative estimate of drug-likeness (QED) is 0.567. The lowest BCUT2D eigenvalue weighted by Crippen LogP contribution is -2.24. The third-order valence-corrected chi connectivity index (χ3v) is 3.84. The highest BCUT2D eigenvalue weighted by Gasteiger charge is 2.21. The number of carboxylic acids is 1. The van der Waals surface area contributed by atoms with Crippen molar-refractivity contribution in [1.82, 2.24) is 0 Å². The van der Waals surface area contributed by atoms with Crippen LogP contribution in [0.3, 0.4) is 0 Å². The van der Waals surface area contributed by atoms with E-state index >= 15 is 0 Å². The number of nitrogens with zero attached hydrogens (tertiary/aromatic N) is 1. The topological polar surface area (TPSA) is 113 Å². The highest BCUT2D eigenvalue weighted by Crippen LogP contribution is 2.27. The van der Waals surface area contributed by atoms with Crippen molar-refractivity contribution in [2.24, 2.45) is 5.92 Å². The standard InChI is InChI=1S/C14H18N2O5/c17-11-4-1-9(2-5-11)8-15-13-7-10(16(20)21)3-6-12(13)14(18)19/h3,6-7,9,11,15,17H,1-2,4-5,8H2,(H,18,19). The molecule has 7 heteroatoms. The molecule has 0 heterocycles. The van der Waals surface area contributed by atoms with Crippen LogP contribution in [0.1, 0.15) is 36.0 Å². The molecular formula is C14H18N2O5. The van der Waals surface area contributed by atoms with Crippen molar-refractivity contribution in [3.63, 3.8) is 0 Å². The summed E-state index contributed by atoms with van der Waals surface area (Å²) in [6, 6.07) is 3.68. The zero-order chi connectivity index (χ0) is 15.4. The van der Waals surface area contributed by atoms with E-state index in [2.05, 4.69) is 5.32 Å². The van der Waals surface area contributed by atoms with Gasteiger partial charge in [-0.15, -0.1) is 0 Å². The molecule has 0 amide bonds. The Morgan fingerprint density at radius 2 is 2.00 bits per heavy atom. The predicted octanol–water partition coefficient (Wildman–Crippen LogP) is 2.26. The fourth-order valence-electron chi connectivity index (χ4n) is 2.58.